The van der Waals surface area contributed by atoms with E-state index in [0.717, 1.165) is 11.8 Å². The summed E-state index contributed by atoms with van der Waals surface area (Å²) in [7, 11) is 1.68. The molecule has 0 aliphatic carbocycles. The Balaban J connectivity index is 2.64. The summed E-state index contributed by atoms with van der Waals surface area (Å²) in [6.07, 6.45) is 0. The zero-order chi connectivity index (χ0) is 12.3. The highest BCUT2D eigenvalue weighted by Gasteiger charge is 2.18. The summed E-state index contributed by atoms with van der Waals surface area (Å²) >= 11 is 1.13. The summed E-state index contributed by atoms with van der Waals surface area (Å²) in [6.45, 7) is 1.62. The molecule has 0 fully saturated rings. The third kappa shape index (κ3) is 2.86. The molecule has 0 saturated carbocycles. The highest BCUT2D eigenvalue weighted by molar-refractivity contribution is 8.00. The molecule has 0 bridgehead atoms. The van der Waals surface area contributed by atoms with E-state index in [2.05, 4.69) is 10.2 Å². The molecule has 8 nitrogen and oxygen atoms in total. The molecule has 0 radical (unpaired) electrons. The van der Waals surface area contributed by atoms with Crippen molar-refractivity contribution < 1.29 is 9.59 Å². The number of anilines is 1. The van der Waals surface area contributed by atoms with Crippen molar-refractivity contribution in [1.29, 1.82) is 0 Å². The van der Waals surface area contributed by atoms with Crippen LogP contribution >= 0.6 is 11.8 Å². The van der Waals surface area contributed by atoms with Gasteiger partial charge in [0.05, 0.1) is 5.25 Å². The number of carbonyl (C=O) groups excluding carboxylic acids is 2. The lowest BCUT2D eigenvalue weighted by Gasteiger charge is -2.08. The average Bonchev–Trinajstić information content (AvgIpc) is 2.48. The van der Waals surface area contributed by atoms with Crippen molar-refractivity contribution in [3.8, 4) is 0 Å². The molecule has 16 heavy (non-hydrogen) atoms. The van der Waals surface area contributed by atoms with Gasteiger partial charge < -0.3 is 11.5 Å². The van der Waals surface area contributed by atoms with E-state index in [0.29, 0.717) is 5.16 Å². The predicted molar refractivity (Wildman–Crippen MR) is 58.5 cm³/mol. The molecule has 1 atom stereocenters. The molecular weight excluding hydrogens is 232 g/mol. The molecule has 1 unspecified atom stereocenters. The summed E-state index contributed by atoms with van der Waals surface area (Å²) in [4.78, 5) is 21.8. The molecule has 0 aliphatic heterocycles. The first-order chi connectivity index (χ1) is 7.41. The van der Waals surface area contributed by atoms with Gasteiger partial charge in [0.2, 0.25) is 11.9 Å². The van der Waals surface area contributed by atoms with E-state index in [4.69, 9.17) is 11.5 Å². The number of rotatable bonds is 3. The Kier molecular flexibility index (Phi) is 3.72. The van der Waals surface area contributed by atoms with Gasteiger partial charge in [0.25, 0.3) is 0 Å². The van der Waals surface area contributed by atoms with Gasteiger partial charge in [0.15, 0.2) is 5.16 Å². The van der Waals surface area contributed by atoms with Crippen molar-refractivity contribution >= 4 is 29.6 Å². The van der Waals surface area contributed by atoms with E-state index in [1.807, 2.05) is 5.32 Å². The van der Waals surface area contributed by atoms with Crippen molar-refractivity contribution in [3.63, 3.8) is 0 Å². The third-order valence-electron chi connectivity index (χ3n) is 1.77. The summed E-state index contributed by atoms with van der Waals surface area (Å²) in [6, 6.07) is -0.880. The second-order valence-electron chi connectivity index (χ2n) is 3.01. The predicted octanol–water partition coefficient (Wildman–Crippen LogP) is -0.927. The van der Waals surface area contributed by atoms with Crippen LogP contribution in [0.5, 0.6) is 0 Å². The van der Waals surface area contributed by atoms with Gasteiger partial charge in [-0.1, -0.05) is 11.8 Å². The molecule has 1 heterocycles. The second-order valence-corrected chi connectivity index (χ2v) is 4.32. The van der Waals surface area contributed by atoms with E-state index in [9.17, 15) is 9.59 Å². The lowest BCUT2D eigenvalue weighted by atomic mass is 10.4. The minimum Gasteiger partial charge on any atom is -0.368 e. The fraction of sp³-hybridized carbons (Fsp3) is 0.429. The first kappa shape index (κ1) is 12.3. The summed E-state index contributed by atoms with van der Waals surface area (Å²) in [5.74, 6) is -0.232. The molecule has 0 saturated heterocycles. The number of nitrogens with two attached hydrogens (primary N) is 2. The molecule has 0 spiro atoms. The van der Waals surface area contributed by atoms with E-state index < -0.39 is 17.2 Å². The Morgan fingerprint density at radius 1 is 1.50 bits per heavy atom. The normalized spacial score (nSPS) is 12.1. The minimum absolute atomic E-state index is 0.255. The number of nitrogens with zero attached hydrogens (tertiary/aromatic N) is 3. The summed E-state index contributed by atoms with van der Waals surface area (Å²) in [5.41, 5.74) is 10.3. The maximum absolute atomic E-state index is 11.4. The van der Waals surface area contributed by atoms with E-state index in [1.165, 1.54) is 0 Å². The van der Waals surface area contributed by atoms with Gasteiger partial charge >= 0.3 is 6.03 Å². The van der Waals surface area contributed by atoms with E-state index >= 15 is 0 Å². The second kappa shape index (κ2) is 4.84. The standard InChI is InChI=1S/C7H12N6O2S/c1-3(4(14)10-6(9)15)16-7-12-11-5(8)13(7)2/h3H,1-2H3,(H2,8,11)(H3,9,10,14,15). The highest BCUT2D eigenvalue weighted by Crippen LogP contribution is 2.21. The first-order valence-electron chi connectivity index (χ1n) is 4.33. The Morgan fingerprint density at radius 2 is 2.12 bits per heavy atom. The zero-order valence-corrected chi connectivity index (χ0v) is 9.61. The smallest absolute Gasteiger partial charge is 0.318 e. The quantitative estimate of drug-likeness (QED) is 0.589. The van der Waals surface area contributed by atoms with Crippen molar-refractivity contribution in [2.45, 2.75) is 17.3 Å². The Bertz CT molecular complexity index is 417. The summed E-state index contributed by atoms with van der Waals surface area (Å²) in [5, 5.41) is 9.36. The van der Waals surface area contributed by atoms with Crippen molar-refractivity contribution in [2.75, 3.05) is 5.73 Å². The van der Waals surface area contributed by atoms with Crippen LogP contribution in [-0.2, 0) is 11.8 Å². The van der Waals surface area contributed by atoms with Crippen LogP contribution in [0.4, 0.5) is 10.7 Å². The van der Waals surface area contributed by atoms with Crippen LogP contribution in [0.3, 0.4) is 0 Å². The molecule has 3 amide bonds. The Labute approximate surface area is 95.8 Å². The number of urea groups is 1. The van der Waals surface area contributed by atoms with Crippen LogP contribution in [0, 0.1) is 0 Å². The van der Waals surface area contributed by atoms with Crippen LogP contribution in [0.2, 0.25) is 0 Å². The molecule has 9 heteroatoms. The lowest BCUT2D eigenvalue weighted by molar-refractivity contribution is -0.119. The van der Waals surface area contributed by atoms with Gasteiger partial charge in [-0.15, -0.1) is 10.2 Å². The van der Waals surface area contributed by atoms with Crippen LogP contribution in [0.1, 0.15) is 6.92 Å². The number of aromatic nitrogens is 3. The fourth-order valence-corrected chi connectivity index (χ4v) is 1.69. The molecular formula is C7H12N6O2S. The average molecular weight is 244 g/mol. The van der Waals surface area contributed by atoms with Gasteiger partial charge in [-0.3, -0.25) is 14.7 Å². The monoisotopic (exact) mass is 244 g/mol. The number of nitrogen functional groups attached to an aromatic ring is 1. The van der Waals surface area contributed by atoms with Gasteiger partial charge in [-0.2, -0.15) is 0 Å². The first-order valence-corrected chi connectivity index (χ1v) is 5.21. The van der Waals surface area contributed by atoms with Crippen molar-refractivity contribution in [3.05, 3.63) is 0 Å². The van der Waals surface area contributed by atoms with Crippen LogP contribution in [0.15, 0.2) is 5.16 Å². The van der Waals surface area contributed by atoms with Gasteiger partial charge in [-0.05, 0) is 6.92 Å². The highest BCUT2D eigenvalue weighted by atomic mass is 32.2. The van der Waals surface area contributed by atoms with E-state index in [1.54, 1.807) is 18.5 Å². The number of hydrogen-bond donors (Lipinski definition) is 3. The number of primary amides is 1. The lowest BCUT2D eigenvalue weighted by Crippen LogP contribution is -2.39. The summed E-state index contributed by atoms with van der Waals surface area (Å²) < 4.78 is 1.54. The number of thioether (sulfide) groups is 1. The SMILES string of the molecule is CC(Sc1nnc(N)n1C)C(=O)NC(N)=O. The maximum atomic E-state index is 11.4. The number of carbonyl (C=O) groups is 2. The maximum Gasteiger partial charge on any atom is 0.318 e. The van der Waals surface area contributed by atoms with Crippen LogP contribution in [0.25, 0.3) is 0 Å². The van der Waals surface area contributed by atoms with Gasteiger partial charge in [0, 0.05) is 7.05 Å². The largest absolute Gasteiger partial charge is 0.368 e. The molecule has 1 aromatic heterocycles. The molecule has 0 aliphatic rings. The number of imide groups is 1. The molecule has 1 rings (SSSR count). The Hall–Kier alpha value is -1.77. The molecule has 88 valence electrons. The van der Waals surface area contributed by atoms with Gasteiger partial charge in [-0.25, -0.2) is 4.79 Å². The number of hydrogen-bond acceptors (Lipinski definition) is 6. The Morgan fingerprint density at radius 3 is 2.56 bits per heavy atom. The van der Waals surface area contributed by atoms with E-state index in [-0.39, 0.29) is 5.95 Å². The molecule has 0 aromatic carbocycles. The zero-order valence-electron chi connectivity index (χ0n) is 8.80. The van der Waals surface area contributed by atoms with Crippen LogP contribution < -0.4 is 16.8 Å². The van der Waals surface area contributed by atoms with Gasteiger partial charge in [0.1, 0.15) is 0 Å². The molecule has 1 aromatic rings. The van der Waals surface area contributed by atoms with Crippen molar-refractivity contribution in [2.24, 2.45) is 12.8 Å². The van der Waals surface area contributed by atoms with Crippen LogP contribution in [-0.4, -0.2) is 32.0 Å². The topological polar surface area (TPSA) is 129 Å². The van der Waals surface area contributed by atoms with Crippen molar-refractivity contribution in [1.82, 2.24) is 20.1 Å². The molecule has 5 N–H and O–H groups in total. The number of amides is 3. The minimum atomic E-state index is -0.880. The number of nitrogens with one attached hydrogen (secondary N) is 1. The third-order valence-corrected chi connectivity index (χ3v) is 2.90. The fourth-order valence-electron chi connectivity index (χ4n) is 0.863.